The number of nitrogens with two attached hydrogens (primary N) is 1. The van der Waals surface area contributed by atoms with Crippen LogP contribution in [-0.2, 0) is 0 Å². The molecule has 0 unspecified atom stereocenters. The van der Waals surface area contributed by atoms with Crippen LogP contribution in [0.1, 0.15) is 25.3 Å². The molecule has 3 heteroatoms. The van der Waals surface area contributed by atoms with Crippen molar-refractivity contribution < 1.29 is 4.74 Å². The molecule has 1 aromatic heterocycles. The van der Waals surface area contributed by atoms with Gasteiger partial charge >= 0.3 is 0 Å². The Morgan fingerprint density at radius 3 is 2.71 bits per heavy atom. The number of hydrogen-bond donors (Lipinski definition) is 1. The van der Waals surface area contributed by atoms with Gasteiger partial charge in [-0.25, -0.2) is 0 Å². The zero-order chi connectivity index (χ0) is 14.8. The summed E-state index contributed by atoms with van der Waals surface area (Å²) < 4.78 is 6.02. The van der Waals surface area contributed by atoms with Crippen LogP contribution in [-0.4, -0.2) is 4.98 Å². The zero-order valence-corrected chi connectivity index (χ0v) is 12.2. The molecule has 0 aliphatic rings. The fourth-order valence-corrected chi connectivity index (χ4v) is 2.32. The molecule has 0 amide bonds. The van der Waals surface area contributed by atoms with E-state index in [0.29, 0.717) is 11.6 Å². The third kappa shape index (κ3) is 2.68. The molecule has 0 atom stereocenters. The number of nitrogens with zero attached hydrogens (tertiary/aromatic N) is 1. The van der Waals surface area contributed by atoms with E-state index in [-0.39, 0.29) is 0 Å². The van der Waals surface area contributed by atoms with Crippen LogP contribution in [0.25, 0.3) is 10.9 Å². The first-order valence-electron chi connectivity index (χ1n) is 7.06. The van der Waals surface area contributed by atoms with Gasteiger partial charge in [-0.15, -0.1) is 0 Å². The van der Waals surface area contributed by atoms with Gasteiger partial charge in [0.2, 0.25) is 0 Å². The van der Waals surface area contributed by atoms with Gasteiger partial charge in [0.15, 0.2) is 5.75 Å². The summed E-state index contributed by atoms with van der Waals surface area (Å²) in [6.07, 6.45) is 1.75. The molecule has 3 rings (SSSR count). The number of benzene rings is 2. The Kier molecular flexibility index (Phi) is 3.48. The van der Waals surface area contributed by atoms with E-state index < -0.39 is 0 Å². The average Bonchev–Trinajstić information content (AvgIpc) is 2.51. The molecule has 21 heavy (non-hydrogen) atoms. The Morgan fingerprint density at radius 2 is 1.90 bits per heavy atom. The van der Waals surface area contributed by atoms with E-state index in [2.05, 4.69) is 31.0 Å². The minimum Gasteiger partial charge on any atom is -0.455 e. The Hall–Kier alpha value is -2.55. The number of fused-ring (bicyclic) bond motifs is 1. The average molecular weight is 278 g/mol. The van der Waals surface area contributed by atoms with Gasteiger partial charge in [-0.2, -0.15) is 0 Å². The number of aromatic nitrogens is 1. The highest BCUT2D eigenvalue weighted by Crippen LogP contribution is 2.32. The van der Waals surface area contributed by atoms with Crippen molar-refractivity contribution >= 4 is 16.6 Å². The second-order valence-electron chi connectivity index (χ2n) is 5.38. The predicted octanol–water partition coefficient (Wildman–Crippen LogP) is 4.73. The number of nitrogen functional groups attached to an aromatic ring is 1. The van der Waals surface area contributed by atoms with E-state index >= 15 is 0 Å². The third-order valence-corrected chi connectivity index (χ3v) is 3.52. The topological polar surface area (TPSA) is 48.1 Å². The van der Waals surface area contributed by atoms with Crippen molar-refractivity contribution in [2.45, 2.75) is 19.8 Å². The summed E-state index contributed by atoms with van der Waals surface area (Å²) in [5.74, 6) is 2.01. The molecule has 0 fully saturated rings. The minimum absolute atomic E-state index is 0.467. The lowest BCUT2D eigenvalue weighted by molar-refractivity contribution is 0.486. The molecular weight excluding hydrogens is 260 g/mol. The van der Waals surface area contributed by atoms with E-state index in [9.17, 15) is 0 Å². The van der Waals surface area contributed by atoms with Crippen LogP contribution in [0, 0.1) is 0 Å². The van der Waals surface area contributed by atoms with E-state index in [4.69, 9.17) is 10.5 Å². The van der Waals surface area contributed by atoms with Gasteiger partial charge in [0.25, 0.3) is 0 Å². The van der Waals surface area contributed by atoms with E-state index in [0.717, 1.165) is 22.4 Å². The number of ether oxygens (including phenoxy) is 1. The normalized spacial score (nSPS) is 11.0. The first kappa shape index (κ1) is 13.4. The van der Waals surface area contributed by atoms with Crippen LogP contribution < -0.4 is 10.5 Å². The Bertz CT molecular complexity index is 781. The van der Waals surface area contributed by atoms with Crippen LogP contribution in [0.2, 0.25) is 0 Å². The van der Waals surface area contributed by atoms with Gasteiger partial charge in [0.05, 0.1) is 0 Å². The maximum Gasteiger partial charge on any atom is 0.153 e. The Balaban J connectivity index is 2.02. The molecule has 0 spiro atoms. The van der Waals surface area contributed by atoms with Crippen molar-refractivity contribution in [1.82, 2.24) is 4.98 Å². The lowest BCUT2D eigenvalue weighted by atomic mass is 10.0. The summed E-state index contributed by atoms with van der Waals surface area (Å²) in [6, 6.07) is 15.7. The molecular formula is C18H18N2O. The molecule has 1 heterocycles. The minimum atomic E-state index is 0.467. The first-order valence-corrected chi connectivity index (χ1v) is 7.06. The fraction of sp³-hybridized carbons (Fsp3) is 0.167. The molecule has 0 saturated carbocycles. The van der Waals surface area contributed by atoms with Crippen molar-refractivity contribution in [3.63, 3.8) is 0 Å². The highest BCUT2D eigenvalue weighted by molar-refractivity contribution is 5.94. The van der Waals surface area contributed by atoms with E-state index in [1.54, 1.807) is 6.20 Å². The summed E-state index contributed by atoms with van der Waals surface area (Å²) in [7, 11) is 0. The molecule has 0 saturated heterocycles. The number of anilines is 1. The third-order valence-electron chi connectivity index (χ3n) is 3.52. The molecule has 0 bridgehead atoms. The van der Waals surface area contributed by atoms with Crippen LogP contribution in [0.3, 0.4) is 0 Å². The number of rotatable bonds is 3. The summed E-state index contributed by atoms with van der Waals surface area (Å²) in [4.78, 5) is 4.39. The van der Waals surface area contributed by atoms with Gasteiger partial charge in [0, 0.05) is 17.3 Å². The lowest BCUT2D eigenvalue weighted by Crippen LogP contribution is -1.93. The molecule has 0 aliphatic carbocycles. The first-order chi connectivity index (χ1) is 10.1. The predicted molar refractivity (Wildman–Crippen MR) is 86.8 cm³/mol. The highest BCUT2D eigenvalue weighted by Gasteiger charge is 2.08. The van der Waals surface area contributed by atoms with Gasteiger partial charge in [-0.05, 0) is 47.9 Å². The maximum absolute atomic E-state index is 6.02. The van der Waals surface area contributed by atoms with Gasteiger partial charge < -0.3 is 10.5 Å². The maximum atomic E-state index is 6.02. The lowest BCUT2D eigenvalue weighted by Gasteiger charge is -2.12. The molecule has 106 valence electrons. The quantitative estimate of drug-likeness (QED) is 0.704. The summed E-state index contributed by atoms with van der Waals surface area (Å²) in [5.41, 5.74) is 8.73. The SMILES string of the molecule is CC(C)c1cccc(Oc2ccc(N)c3cccnc23)c1. The van der Waals surface area contributed by atoms with Crippen molar-refractivity contribution in [1.29, 1.82) is 0 Å². The monoisotopic (exact) mass is 278 g/mol. The molecule has 2 aromatic carbocycles. The van der Waals surface area contributed by atoms with Gasteiger partial charge in [-0.3, -0.25) is 4.98 Å². The van der Waals surface area contributed by atoms with Crippen LogP contribution in [0.5, 0.6) is 11.5 Å². The smallest absolute Gasteiger partial charge is 0.153 e. The van der Waals surface area contributed by atoms with Crippen LogP contribution >= 0.6 is 0 Å². The summed E-state index contributed by atoms with van der Waals surface area (Å²) in [5, 5.41) is 0.912. The number of pyridine rings is 1. The Morgan fingerprint density at radius 1 is 1.05 bits per heavy atom. The molecule has 0 aliphatic heterocycles. The zero-order valence-electron chi connectivity index (χ0n) is 12.2. The van der Waals surface area contributed by atoms with Crippen molar-refractivity contribution in [2.24, 2.45) is 0 Å². The summed E-state index contributed by atoms with van der Waals surface area (Å²) >= 11 is 0. The van der Waals surface area contributed by atoms with Crippen molar-refractivity contribution in [2.75, 3.05) is 5.73 Å². The Labute approximate surface area is 124 Å². The highest BCUT2D eigenvalue weighted by atomic mass is 16.5. The van der Waals surface area contributed by atoms with Crippen LogP contribution in [0.15, 0.2) is 54.7 Å². The van der Waals surface area contributed by atoms with Crippen molar-refractivity contribution in [3.05, 3.63) is 60.3 Å². The standard InChI is InChI=1S/C18H18N2O/c1-12(2)13-5-3-6-14(11-13)21-17-9-8-16(19)15-7-4-10-20-18(15)17/h3-12H,19H2,1-2H3. The molecule has 0 radical (unpaired) electrons. The van der Waals surface area contributed by atoms with Gasteiger partial charge in [-0.1, -0.05) is 26.0 Å². The second kappa shape index (κ2) is 5.44. The molecule has 3 nitrogen and oxygen atoms in total. The number of hydrogen-bond acceptors (Lipinski definition) is 3. The van der Waals surface area contributed by atoms with Crippen LogP contribution in [0.4, 0.5) is 5.69 Å². The van der Waals surface area contributed by atoms with Gasteiger partial charge in [0.1, 0.15) is 11.3 Å². The molecule has 2 N–H and O–H groups in total. The van der Waals surface area contributed by atoms with E-state index in [1.807, 2.05) is 36.4 Å². The largest absolute Gasteiger partial charge is 0.455 e. The molecule has 3 aromatic rings. The van der Waals surface area contributed by atoms with E-state index in [1.165, 1.54) is 5.56 Å². The van der Waals surface area contributed by atoms with Crippen molar-refractivity contribution in [3.8, 4) is 11.5 Å². The summed E-state index contributed by atoms with van der Waals surface area (Å²) in [6.45, 7) is 4.33. The fourth-order valence-electron chi connectivity index (χ4n) is 2.32. The second-order valence-corrected chi connectivity index (χ2v) is 5.38.